The molecule has 0 N–H and O–H groups in total. The van der Waals surface area contributed by atoms with E-state index in [1.165, 1.54) is 0 Å². The lowest BCUT2D eigenvalue weighted by Gasteiger charge is -2.04. The van der Waals surface area contributed by atoms with E-state index in [0.29, 0.717) is 11.0 Å². The lowest BCUT2D eigenvalue weighted by Crippen LogP contribution is -1.88. The normalized spacial score (nSPS) is 10.4. The minimum atomic E-state index is 0.550. The van der Waals surface area contributed by atoms with Gasteiger partial charge in [-0.25, -0.2) is 9.97 Å². The fourth-order valence-electron chi connectivity index (χ4n) is 2.42. The first-order valence-electron chi connectivity index (χ1n) is 7.37. The summed E-state index contributed by atoms with van der Waals surface area (Å²) in [5.74, 6) is 0.666. The largest absolute Gasteiger partial charge is 0.481 e. The van der Waals surface area contributed by atoms with Gasteiger partial charge in [-0.15, -0.1) is 0 Å². The summed E-state index contributed by atoms with van der Waals surface area (Å²) >= 11 is 12.7. The van der Waals surface area contributed by atoms with Gasteiger partial charge in [0, 0.05) is 42.9 Å². The van der Waals surface area contributed by atoms with Gasteiger partial charge >= 0.3 is 0 Å². The van der Waals surface area contributed by atoms with Gasteiger partial charge in [-0.2, -0.15) is 0 Å². The highest BCUT2D eigenvalue weighted by Crippen LogP contribution is 2.29. The van der Waals surface area contributed by atoms with Crippen LogP contribution in [0, 0.1) is 0 Å². The molecule has 2 aromatic carbocycles. The van der Waals surface area contributed by atoms with E-state index in [2.05, 4.69) is 41.8 Å². The molecule has 126 valence electrons. The number of nitrogens with zero attached hydrogens (tertiary/aromatic N) is 2. The smallest absolute Gasteiger partial charge is 0.221 e. The van der Waals surface area contributed by atoms with Gasteiger partial charge < -0.3 is 4.74 Å². The first kappa shape index (κ1) is 18.1. The molecule has 0 bridgehead atoms. The Morgan fingerprint density at radius 2 is 1.24 bits per heavy atom. The molecule has 0 fully saturated rings. The highest BCUT2D eigenvalue weighted by Gasteiger charge is 2.04. The number of halogens is 3. The van der Waals surface area contributed by atoms with Crippen molar-refractivity contribution in [3.8, 4) is 5.88 Å². The molecule has 0 aliphatic rings. The molecule has 0 unspecified atom stereocenters. The molecule has 6 heteroatoms. The average Bonchev–Trinajstić information content (AvgIpc) is 2.66. The van der Waals surface area contributed by atoms with Crippen LogP contribution in [0.2, 0.25) is 5.15 Å². The van der Waals surface area contributed by atoms with Crippen molar-refractivity contribution in [1.29, 1.82) is 0 Å². The molecular formula is C19H13Br2ClN2O. The van der Waals surface area contributed by atoms with Gasteiger partial charge in [0.2, 0.25) is 5.88 Å². The second-order valence-corrected chi connectivity index (χ2v) is 7.17. The van der Waals surface area contributed by atoms with E-state index in [1.807, 2.05) is 48.5 Å². The maximum atomic E-state index is 5.90. The molecule has 0 radical (unpaired) electrons. The van der Waals surface area contributed by atoms with Crippen LogP contribution in [0.25, 0.3) is 21.5 Å². The van der Waals surface area contributed by atoms with Crippen LogP contribution >= 0.6 is 43.5 Å². The summed E-state index contributed by atoms with van der Waals surface area (Å²) in [6, 6.07) is 15.9. The molecular weight excluding hydrogens is 467 g/mol. The van der Waals surface area contributed by atoms with E-state index in [1.54, 1.807) is 19.5 Å². The molecule has 0 saturated carbocycles. The molecule has 0 saturated heterocycles. The molecule has 4 rings (SSSR count). The van der Waals surface area contributed by atoms with Gasteiger partial charge in [-0.3, -0.25) is 0 Å². The van der Waals surface area contributed by atoms with E-state index < -0.39 is 0 Å². The molecule has 0 amide bonds. The number of methoxy groups -OCH3 is 1. The molecule has 25 heavy (non-hydrogen) atoms. The van der Waals surface area contributed by atoms with Crippen molar-refractivity contribution in [2.24, 2.45) is 0 Å². The van der Waals surface area contributed by atoms with Crippen molar-refractivity contribution in [1.82, 2.24) is 9.97 Å². The van der Waals surface area contributed by atoms with Crippen LogP contribution in [0.1, 0.15) is 0 Å². The standard InChI is InChI=1S/C10H8BrNO.C9H5BrClN/c1-13-10-8-5-3-2-4-7(8)9(11)6-12-10;10-8-5-12-9(11)7-4-2-1-3-6(7)8/h2-6H,1H3;1-5H. The van der Waals surface area contributed by atoms with E-state index in [4.69, 9.17) is 16.3 Å². The Morgan fingerprint density at radius 3 is 1.80 bits per heavy atom. The Morgan fingerprint density at radius 1 is 0.760 bits per heavy atom. The van der Waals surface area contributed by atoms with Crippen LogP contribution in [0.15, 0.2) is 69.9 Å². The Labute approximate surface area is 167 Å². The number of hydrogen-bond acceptors (Lipinski definition) is 3. The molecule has 0 spiro atoms. The van der Waals surface area contributed by atoms with Crippen LogP contribution in [-0.2, 0) is 0 Å². The van der Waals surface area contributed by atoms with Gasteiger partial charge in [0.05, 0.1) is 7.11 Å². The Hall–Kier alpha value is -1.69. The van der Waals surface area contributed by atoms with E-state index in [9.17, 15) is 0 Å². The molecule has 4 aromatic rings. The number of rotatable bonds is 1. The predicted octanol–water partition coefficient (Wildman–Crippen LogP) is 6.66. The minimum Gasteiger partial charge on any atom is -0.481 e. The van der Waals surface area contributed by atoms with Crippen molar-refractivity contribution in [3.63, 3.8) is 0 Å². The third-order valence-corrected chi connectivity index (χ3v) is 5.17. The topological polar surface area (TPSA) is 35.0 Å². The fourth-order valence-corrected chi connectivity index (χ4v) is 3.53. The van der Waals surface area contributed by atoms with Gasteiger partial charge in [0.1, 0.15) is 5.15 Å². The van der Waals surface area contributed by atoms with Crippen LogP contribution in [-0.4, -0.2) is 17.1 Å². The zero-order chi connectivity index (χ0) is 17.8. The summed E-state index contributed by atoms with van der Waals surface area (Å²) in [5, 5.41) is 4.77. The first-order valence-corrected chi connectivity index (χ1v) is 9.34. The minimum absolute atomic E-state index is 0.550. The van der Waals surface area contributed by atoms with Crippen molar-refractivity contribution >= 4 is 65.0 Å². The maximum Gasteiger partial charge on any atom is 0.221 e. The number of pyridine rings is 2. The van der Waals surface area contributed by atoms with Crippen LogP contribution < -0.4 is 4.74 Å². The number of fused-ring (bicyclic) bond motifs is 2. The van der Waals surface area contributed by atoms with Gasteiger partial charge in [0.15, 0.2) is 0 Å². The Kier molecular flexibility index (Phi) is 5.89. The quantitative estimate of drug-likeness (QED) is 0.286. The lowest BCUT2D eigenvalue weighted by molar-refractivity contribution is 0.403. The maximum absolute atomic E-state index is 5.90. The van der Waals surface area contributed by atoms with E-state index in [-0.39, 0.29) is 0 Å². The summed E-state index contributed by atoms with van der Waals surface area (Å²) in [6.45, 7) is 0. The monoisotopic (exact) mass is 478 g/mol. The third-order valence-electron chi connectivity index (χ3n) is 3.60. The Bertz CT molecular complexity index is 1000. The SMILES string of the molecule is COc1ncc(Br)c2ccccc12.Clc1ncc(Br)c2ccccc12. The number of aromatic nitrogens is 2. The zero-order valence-electron chi connectivity index (χ0n) is 13.2. The van der Waals surface area contributed by atoms with Gasteiger partial charge in [-0.05, 0) is 37.9 Å². The molecule has 3 nitrogen and oxygen atoms in total. The lowest BCUT2D eigenvalue weighted by atomic mass is 10.2. The van der Waals surface area contributed by atoms with Crippen LogP contribution in [0.3, 0.4) is 0 Å². The summed E-state index contributed by atoms with van der Waals surface area (Å²) in [7, 11) is 1.63. The summed E-state index contributed by atoms with van der Waals surface area (Å²) in [6.07, 6.45) is 3.46. The molecule has 0 aliphatic heterocycles. The summed E-state index contributed by atoms with van der Waals surface area (Å²) < 4.78 is 7.11. The van der Waals surface area contributed by atoms with Crippen LogP contribution in [0.5, 0.6) is 5.88 Å². The number of hydrogen-bond donors (Lipinski definition) is 0. The highest BCUT2D eigenvalue weighted by atomic mass is 79.9. The zero-order valence-corrected chi connectivity index (χ0v) is 17.1. The molecule has 0 atom stereocenters. The average molecular weight is 481 g/mol. The second-order valence-electron chi connectivity index (χ2n) is 5.10. The second kappa shape index (κ2) is 8.13. The first-order chi connectivity index (χ1) is 12.1. The fraction of sp³-hybridized carbons (Fsp3) is 0.0526. The summed E-state index contributed by atoms with van der Waals surface area (Å²) in [5.41, 5.74) is 0. The van der Waals surface area contributed by atoms with Crippen molar-refractivity contribution in [3.05, 3.63) is 75.0 Å². The van der Waals surface area contributed by atoms with Crippen molar-refractivity contribution < 1.29 is 4.74 Å². The van der Waals surface area contributed by atoms with Gasteiger partial charge in [0.25, 0.3) is 0 Å². The Balaban J connectivity index is 0.000000146. The van der Waals surface area contributed by atoms with E-state index >= 15 is 0 Å². The van der Waals surface area contributed by atoms with Gasteiger partial charge in [-0.1, -0.05) is 54.1 Å². The number of benzene rings is 2. The predicted molar refractivity (Wildman–Crippen MR) is 110 cm³/mol. The van der Waals surface area contributed by atoms with Crippen molar-refractivity contribution in [2.75, 3.05) is 7.11 Å². The molecule has 2 heterocycles. The molecule has 0 aliphatic carbocycles. The summed E-state index contributed by atoms with van der Waals surface area (Å²) in [4.78, 5) is 8.18. The van der Waals surface area contributed by atoms with Crippen molar-refractivity contribution in [2.45, 2.75) is 0 Å². The molecule has 2 aromatic heterocycles. The van der Waals surface area contributed by atoms with E-state index in [0.717, 1.165) is 30.5 Å². The van der Waals surface area contributed by atoms with Crippen LogP contribution in [0.4, 0.5) is 0 Å². The highest BCUT2D eigenvalue weighted by molar-refractivity contribution is 9.11. The third kappa shape index (κ3) is 3.94. The number of ether oxygens (including phenoxy) is 1.